The van der Waals surface area contributed by atoms with Crippen LogP contribution >= 0.6 is 11.8 Å². The van der Waals surface area contributed by atoms with Crippen molar-refractivity contribution < 1.29 is 14.3 Å². The molecule has 1 amide bonds. The number of benzene rings is 1. The number of nitrogens with zero attached hydrogens (tertiary/aromatic N) is 3. The van der Waals surface area contributed by atoms with Crippen molar-refractivity contribution in [3.63, 3.8) is 0 Å². The second kappa shape index (κ2) is 6.72. The quantitative estimate of drug-likeness (QED) is 0.836. The number of nitrogens with one attached hydrogen (secondary N) is 1. The summed E-state index contributed by atoms with van der Waals surface area (Å²) in [7, 11) is 3.11. The summed E-state index contributed by atoms with van der Waals surface area (Å²) >= 11 is 1.32. The third kappa shape index (κ3) is 3.17. The minimum absolute atomic E-state index is 0.00280. The zero-order valence-corrected chi connectivity index (χ0v) is 15.2. The Balaban J connectivity index is 2.03. The van der Waals surface area contributed by atoms with Gasteiger partial charge in [-0.25, -0.2) is 0 Å². The number of rotatable bonds is 4. The lowest BCUT2D eigenvalue weighted by Gasteiger charge is -2.20. The van der Waals surface area contributed by atoms with Crippen LogP contribution in [0.15, 0.2) is 33.9 Å². The molecule has 8 heteroatoms. The first-order chi connectivity index (χ1) is 11.9. The zero-order valence-electron chi connectivity index (χ0n) is 14.4. The molecular weight excluding hydrogens is 340 g/mol. The van der Waals surface area contributed by atoms with Gasteiger partial charge in [-0.1, -0.05) is 13.8 Å². The highest BCUT2D eigenvalue weighted by Crippen LogP contribution is 2.32. The fourth-order valence-electron chi connectivity index (χ4n) is 2.35. The first-order valence-corrected chi connectivity index (χ1v) is 8.48. The van der Waals surface area contributed by atoms with Crippen LogP contribution in [0.3, 0.4) is 0 Å². The Morgan fingerprint density at radius 1 is 1.28 bits per heavy atom. The molecule has 2 heterocycles. The van der Waals surface area contributed by atoms with Crippen LogP contribution in [0.4, 0.5) is 0 Å². The molecule has 2 aliphatic heterocycles. The molecule has 1 N–H and O–H groups in total. The molecule has 1 aromatic rings. The van der Waals surface area contributed by atoms with Crippen molar-refractivity contribution in [1.82, 2.24) is 5.01 Å². The fourth-order valence-corrected chi connectivity index (χ4v) is 3.24. The molecule has 3 rings (SSSR count). The maximum absolute atomic E-state index is 12.4. The predicted octanol–water partition coefficient (Wildman–Crippen LogP) is 2.98. The van der Waals surface area contributed by atoms with E-state index in [-0.39, 0.29) is 17.3 Å². The van der Waals surface area contributed by atoms with Gasteiger partial charge < -0.3 is 9.47 Å². The normalized spacial score (nSPS) is 18.4. The molecule has 0 atom stereocenters. The number of fused-ring (bicyclic) bond motifs is 1. The van der Waals surface area contributed by atoms with Crippen LogP contribution < -0.4 is 9.47 Å². The van der Waals surface area contributed by atoms with Gasteiger partial charge in [0.05, 0.1) is 19.8 Å². The standard InChI is InChI=1S/C17H18N4O3S/c1-9(2)16-20-21-14(18)12(15(22)19-17(21)25-16)8-10-7-11(23-3)5-6-13(10)24-4/h5-9,18H,1-4H3. The first-order valence-electron chi connectivity index (χ1n) is 7.66. The van der Waals surface area contributed by atoms with Crippen LogP contribution in [0, 0.1) is 11.3 Å². The average Bonchev–Trinajstić information content (AvgIpc) is 3.02. The summed E-state index contributed by atoms with van der Waals surface area (Å²) < 4.78 is 10.5. The lowest BCUT2D eigenvalue weighted by molar-refractivity contribution is -0.114. The Labute approximate surface area is 149 Å². The van der Waals surface area contributed by atoms with Crippen molar-refractivity contribution in [2.45, 2.75) is 13.8 Å². The summed E-state index contributed by atoms with van der Waals surface area (Å²) in [6.07, 6.45) is 1.58. The minimum atomic E-state index is -0.464. The molecule has 0 spiro atoms. The number of methoxy groups -OCH3 is 2. The molecule has 0 aliphatic carbocycles. The van der Waals surface area contributed by atoms with E-state index in [2.05, 4.69) is 10.1 Å². The Hall–Kier alpha value is -2.61. The summed E-state index contributed by atoms with van der Waals surface area (Å²) in [4.78, 5) is 16.5. The molecule has 0 bridgehead atoms. The van der Waals surface area contributed by atoms with Gasteiger partial charge >= 0.3 is 0 Å². The molecule has 0 saturated heterocycles. The molecule has 0 radical (unpaired) electrons. The van der Waals surface area contributed by atoms with Gasteiger partial charge in [0.15, 0.2) is 5.84 Å². The second-order valence-corrected chi connectivity index (χ2v) is 6.71. The Morgan fingerprint density at radius 3 is 2.68 bits per heavy atom. The molecular formula is C17H18N4O3S. The van der Waals surface area contributed by atoms with E-state index in [9.17, 15) is 4.79 Å². The summed E-state index contributed by atoms with van der Waals surface area (Å²) in [6.45, 7) is 4.02. The van der Waals surface area contributed by atoms with Crippen molar-refractivity contribution in [2.24, 2.45) is 16.0 Å². The monoisotopic (exact) mass is 358 g/mol. The van der Waals surface area contributed by atoms with Gasteiger partial charge in [-0.3, -0.25) is 10.2 Å². The highest BCUT2D eigenvalue weighted by Gasteiger charge is 2.36. The van der Waals surface area contributed by atoms with E-state index < -0.39 is 5.91 Å². The molecule has 0 saturated carbocycles. The number of amidine groups is 2. The predicted molar refractivity (Wildman–Crippen MR) is 99.4 cm³/mol. The summed E-state index contributed by atoms with van der Waals surface area (Å²) in [5.41, 5.74) is 0.790. The Kier molecular flexibility index (Phi) is 4.63. The smallest absolute Gasteiger partial charge is 0.283 e. The maximum Gasteiger partial charge on any atom is 0.283 e. The summed E-state index contributed by atoms with van der Waals surface area (Å²) in [5.74, 6) is 0.943. The van der Waals surface area contributed by atoms with Crippen LogP contribution in [0.5, 0.6) is 11.5 Å². The van der Waals surface area contributed by atoms with Gasteiger partial charge in [0.25, 0.3) is 5.91 Å². The van der Waals surface area contributed by atoms with Gasteiger partial charge in [0.2, 0.25) is 5.17 Å². The van der Waals surface area contributed by atoms with E-state index in [1.807, 2.05) is 13.8 Å². The minimum Gasteiger partial charge on any atom is -0.497 e. The molecule has 130 valence electrons. The lowest BCUT2D eigenvalue weighted by Crippen LogP contribution is -2.35. The number of hydrazone groups is 1. The third-order valence-corrected chi connectivity index (χ3v) is 4.91. The number of hydrogen-bond donors (Lipinski definition) is 1. The second-order valence-electron chi connectivity index (χ2n) is 5.72. The van der Waals surface area contributed by atoms with E-state index >= 15 is 0 Å². The highest BCUT2D eigenvalue weighted by atomic mass is 32.2. The van der Waals surface area contributed by atoms with E-state index in [1.54, 1.807) is 38.5 Å². The number of aliphatic imine (C=N–C) groups is 1. The van der Waals surface area contributed by atoms with Gasteiger partial charge in [0.1, 0.15) is 16.5 Å². The van der Waals surface area contributed by atoms with Crippen molar-refractivity contribution in [1.29, 1.82) is 5.41 Å². The van der Waals surface area contributed by atoms with Gasteiger partial charge in [-0.2, -0.15) is 15.1 Å². The van der Waals surface area contributed by atoms with Crippen LogP contribution in [-0.2, 0) is 4.79 Å². The number of carbonyl (C=O) groups excluding carboxylic acids is 1. The van der Waals surface area contributed by atoms with Crippen LogP contribution in [0.2, 0.25) is 0 Å². The molecule has 0 aromatic heterocycles. The number of thioether (sulfide) groups is 1. The van der Waals surface area contributed by atoms with E-state index in [0.717, 1.165) is 5.04 Å². The molecule has 1 aromatic carbocycles. The topological polar surface area (TPSA) is 87.3 Å². The number of hydrogen-bond acceptors (Lipinski definition) is 6. The largest absolute Gasteiger partial charge is 0.497 e. The van der Waals surface area contributed by atoms with Gasteiger partial charge in [0, 0.05) is 11.5 Å². The number of ether oxygens (including phenoxy) is 2. The average molecular weight is 358 g/mol. The van der Waals surface area contributed by atoms with Crippen LogP contribution in [0.1, 0.15) is 19.4 Å². The van der Waals surface area contributed by atoms with Gasteiger partial charge in [-0.15, -0.1) is 0 Å². The van der Waals surface area contributed by atoms with Gasteiger partial charge in [-0.05, 0) is 36.0 Å². The summed E-state index contributed by atoms with van der Waals surface area (Å²) in [6, 6.07) is 5.26. The summed E-state index contributed by atoms with van der Waals surface area (Å²) in [5, 5.41) is 15.4. The molecule has 25 heavy (non-hydrogen) atoms. The molecule has 0 unspecified atom stereocenters. The first kappa shape index (κ1) is 17.2. The Bertz CT molecular complexity index is 842. The van der Waals surface area contributed by atoms with Crippen molar-refractivity contribution in [3.05, 3.63) is 29.3 Å². The van der Waals surface area contributed by atoms with Crippen LogP contribution in [-0.4, -0.2) is 41.2 Å². The molecule has 7 nitrogen and oxygen atoms in total. The van der Waals surface area contributed by atoms with E-state index in [4.69, 9.17) is 14.9 Å². The van der Waals surface area contributed by atoms with Crippen molar-refractivity contribution >= 4 is 39.8 Å². The van der Waals surface area contributed by atoms with Crippen molar-refractivity contribution in [2.75, 3.05) is 14.2 Å². The Morgan fingerprint density at radius 2 is 2.04 bits per heavy atom. The van der Waals surface area contributed by atoms with E-state index in [0.29, 0.717) is 22.2 Å². The lowest BCUT2D eigenvalue weighted by atomic mass is 10.1. The molecule has 0 fully saturated rings. The SMILES string of the molecule is COc1ccc(OC)c(C=C2C(=N)N3N=C(C(C)C)SC3=NC2=O)c1. The number of amides is 1. The zero-order chi connectivity index (χ0) is 18.1. The van der Waals surface area contributed by atoms with E-state index in [1.165, 1.54) is 16.8 Å². The third-order valence-electron chi connectivity index (χ3n) is 3.70. The van der Waals surface area contributed by atoms with Crippen LogP contribution in [0.25, 0.3) is 6.08 Å². The highest BCUT2D eigenvalue weighted by molar-refractivity contribution is 8.27. The fraction of sp³-hybridized carbons (Fsp3) is 0.294. The van der Waals surface area contributed by atoms with Crippen molar-refractivity contribution in [3.8, 4) is 11.5 Å². The maximum atomic E-state index is 12.4. The molecule has 2 aliphatic rings. The number of carbonyl (C=O) groups is 1.